The smallest absolute Gasteiger partial charge is 0.256 e. The highest BCUT2D eigenvalue weighted by Gasteiger charge is 2.13. The van der Waals surface area contributed by atoms with E-state index in [0.29, 0.717) is 31.9 Å². The van der Waals surface area contributed by atoms with Crippen LogP contribution >= 0.6 is 15.9 Å². The first-order valence-electron chi connectivity index (χ1n) is 13.4. The molecule has 0 radical (unpaired) electrons. The van der Waals surface area contributed by atoms with Gasteiger partial charge in [0, 0.05) is 12.7 Å². The van der Waals surface area contributed by atoms with Gasteiger partial charge in [-0.05, 0) is 77.0 Å². The van der Waals surface area contributed by atoms with Crippen LogP contribution in [-0.2, 0) is 22.6 Å². The summed E-state index contributed by atoms with van der Waals surface area (Å²) in [6.45, 7) is 5.39. The number of aldehydes is 1. The van der Waals surface area contributed by atoms with Crippen molar-refractivity contribution in [2.45, 2.75) is 64.8 Å². The zero-order valence-electron chi connectivity index (χ0n) is 22.6. The van der Waals surface area contributed by atoms with Gasteiger partial charge in [-0.15, -0.1) is 0 Å². The van der Waals surface area contributed by atoms with Gasteiger partial charge in [-0.1, -0.05) is 62.2 Å². The Morgan fingerprint density at radius 3 is 2.38 bits per heavy atom. The number of unbranched alkanes of at least 4 members (excludes halogenated alkanes) is 2. The Bertz CT molecular complexity index is 1190. The minimum absolute atomic E-state index is 0.198. The molecular weight excluding hydrogens is 558 g/mol. The van der Waals surface area contributed by atoms with Crippen LogP contribution in [0.4, 0.5) is 0 Å². The first-order chi connectivity index (χ1) is 19.1. The van der Waals surface area contributed by atoms with Crippen molar-refractivity contribution in [1.29, 1.82) is 5.26 Å². The second-order valence-electron chi connectivity index (χ2n) is 9.04. The molecule has 7 heteroatoms. The molecule has 0 amide bonds. The molecule has 0 N–H and O–H groups in total. The quantitative estimate of drug-likeness (QED) is 0.0903. The lowest BCUT2D eigenvalue weighted by molar-refractivity contribution is -0.136. The van der Waals surface area contributed by atoms with Crippen LogP contribution in [0.3, 0.4) is 0 Å². The lowest BCUT2D eigenvalue weighted by Gasteiger charge is -2.15. The van der Waals surface area contributed by atoms with E-state index in [1.807, 2.05) is 48.5 Å². The Morgan fingerprint density at radius 2 is 1.72 bits per heavy atom. The van der Waals surface area contributed by atoms with E-state index in [1.165, 1.54) is 0 Å². The summed E-state index contributed by atoms with van der Waals surface area (Å²) in [5.74, 6) is 1.95. The van der Waals surface area contributed by atoms with Crippen molar-refractivity contribution in [2.75, 3.05) is 13.2 Å². The Kier molecular flexibility index (Phi) is 12.8. The standard InChI is InChI=1S/C32H36BrNO5/c1-3-25-19-29(33)31(38-23-24-11-7-5-8-12-24)20-30(25)37-18-10-6-9-13-27(21-34)26-14-16-28(17-15-26)39-32(22-35)36-4-2/h5,7-8,11-12,14-17,19-20,22,27,32H,3-4,6,9-10,13,18,23H2,1-2H3. The third kappa shape index (κ3) is 9.72. The number of hydrogen-bond donors (Lipinski definition) is 0. The second-order valence-corrected chi connectivity index (χ2v) is 9.90. The predicted octanol–water partition coefficient (Wildman–Crippen LogP) is 7.78. The van der Waals surface area contributed by atoms with Gasteiger partial charge in [-0.3, -0.25) is 4.79 Å². The van der Waals surface area contributed by atoms with E-state index in [9.17, 15) is 10.1 Å². The fraction of sp³-hybridized carbons (Fsp3) is 0.375. The van der Waals surface area contributed by atoms with Crippen LogP contribution < -0.4 is 14.2 Å². The summed E-state index contributed by atoms with van der Waals surface area (Å²) >= 11 is 3.63. The maximum Gasteiger partial charge on any atom is 0.256 e. The van der Waals surface area contributed by atoms with Crippen molar-refractivity contribution < 1.29 is 23.7 Å². The molecule has 39 heavy (non-hydrogen) atoms. The molecule has 0 saturated heterocycles. The molecule has 2 unspecified atom stereocenters. The molecule has 0 heterocycles. The van der Waals surface area contributed by atoms with E-state index >= 15 is 0 Å². The number of halogens is 1. The van der Waals surface area contributed by atoms with Crippen molar-refractivity contribution in [3.05, 3.63) is 87.9 Å². The Labute approximate surface area is 240 Å². The maximum absolute atomic E-state index is 11.0. The molecule has 0 aromatic heterocycles. The highest BCUT2D eigenvalue weighted by Crippen LogP contribution is 2.34. The lowest BCUT2D eigenvalue weighted by Crippen LogP contribution is -2.21. The number of ether oxygens (including phenoxy) is 4. The number of carbonyl (C=O) groups is 1. The summed E-state index contributed by atoms with van der Waals surface area (Å²) < 4.78 is 23.8. The van der Waals surface area contributed by atoms with Gasteiger partial charge in [0.1, 0.15) is 23.9 Å². The van der Waals surface area contributed by atoms with Gasteiger partial charge in [-0.25, -0.2) is 0 Å². The monoisotopic (exact) mass is 593 g/mol. The van der Waals surface area contributed by atoms with E-state index < -0.39 is 6.29 Å². The van der Waals surface area contributed by atoms with Crippen LogP contribution in [0, 0.1) is 11.3 Å². The molecule has 3 rings (SSSR count). The first-order valence-corrected chi connectivity index (χ1v) is 14.2. The average Bonchev–Trinajstić information content (AvgIpc) is 2.97. The summed E-state index contributed by atoms with van der Waals surface area (Å²) in [5, 5.41) is 9.69. The fourth-order valence-corrected chi connectivity index (χ4v) is 4.63. The van der Waals surface area contributed by atoms with E-state index in [4.69, 9.17) is 18.9 Å². The molecule has 3 aromatic rings. The molecule has 0 spiro atoms. The predicted molar refractivity (Wildman–Crippen MR) is 155 cm³/mol. The average molecular weight is 595 g/mol. The molecule has 0 aliphatic rings. The van der Waals surface area contributed by atoms with Crippen LogP contribution in [0.15, 0.2) is 71.2 Å². The van der Waals surface area contributed by atoms with Gasteiger partial charge in [-0.2, -0.15) is 5.26 Å². The van der Waals surface area contributed by atoms with Crippen LogP contribution in [0.25, 0.3) is 0 Å². The van der Waals surface area contributed by atoms with Crippen molar-refractivity contribution >= 4 is 22.2 Å². The Balaban J connectivity index is 1.45. The summed E-state index contributed by atoms with van der Waals surface area (Å²) in [7, 11) is 0. The highest BCUT2D eigenvalue weighted by atomic mass is 79.9. The van der Waals surface area contributed by atoms with Gasteiger partial charge in [0.15, 0.2) is 6.29 Å². The van der Waals surface area contributed by atoms with Gasteiger partial charge >= 0.3 is 0 Å². The Morgan fingerprint density at radius 1 is 0.949 bits per heavy atom. The van der Waals surface area contributed by atoms with Gasteiger partial charge in [0.2, 0.25) is 0 Å². The van der Waals surface area contributed by atoms with Gasteiger partial charge < -0.3 is 18.9 Å². The van der Waals surface area contributed by atoms with Crippen molar-refractivity contribution in [3.63, 3.8) is 0 Å². The van der Waals surface area contributed by atoms with Crippen LogP contribution in [0.2, 0.25) is 0 Å². The minimum atomic E-state index is -0.922. The fourth-order valence-electron chi connectivity index (χ4n) is 4.13. The maximum atomic E-state index is 11.0. The van der Waals surface area contributed by atoms with Gasteiger partial charge in [0.25, 0.3) is 6.29 Å². The van der Waals surface area contributed by atoms with Crippen LogP contribution in [0.5, 0.6) is 17.2 Å². The highest BCUT2D eigenvalue weighted by molar-refractivity contribution is 9.10. The molecule has 0 fully saturated rings. The minimum Gasteiger partial charge on any atom is -0.493 e. The van der Waals surface area contributed by atoms with E-state index in [2.05, 4.69) is 35.0 Å². The number of benzene rings is 3. The van der Waals surface area contributed by atoms with Gasteiger partial charge in [0.05, 0.1) is 23.1 Å². The molecule has 0 aliphatic heterocycles. The summed E-state index contributed by atoms with van der Waals surface area (Å²) in [6.07, 6.45) is 4.11. The van der Waals surface area contributed by atoms with E-state index in [1.54, 1.807) is 19.1 Å². The molecule has 0 saturated carbocycles. The summed E-state index contributed by atoms with van der Waals surface area (Å²) in [4.78, 5) is 11.0. The molecule has 6 nitrogen and oxygen atoms in total. The van der Waals surface area contributed by atoms with Crippen LogP contribution in [0.1, 0.15) is 62.1 Å². The number of carbonyl (C=O) groups excluding carboxylic acids is 1. The largest absolute Gasteiger partial charge is 0.493 e. The number of aryl methyl sites for hydroxylation is 1. The van der Waals surface area contributed by atoms with E-state index in [0.717, 1.165) is 64.8 Å². The van der Waals surface area contributed by atoms with Crippen molar-refractivity contribution in [3.8, 4) is 23.3 Å². The number of nitriles is 1. The molecule has 206 valence electrons. The molecular formula is C32H36BrNO5. The third-order valence-electron chi connectivity index (χ3n) is 6.26. The number of hydrogen-bond acceptors (Lipinski definition) is 6. The Hall–Kier alpha value is -3.34. The van der Waals surface area contributed by atoms with Crippen molar-refractivity contribution in [2.24, 2.45) is 0 Å². The number of nitrogens with zero attached hydrogens (tertiary/aromatic N) is 1. The summed E-state index contributed by atoms with van der Waals surface area (Å²) in [6, 6.07) is 23.8. The number of rotatable bonds is 17. The molecule has 2 atom stereocenters. The zero-order chi connectivity index (χ0) is 27.9. The third-order valence-corrected chi connectivity index (χ3v) is 6.88. The zero-order valence-corrected chi connectivity index (χ0v) is 24.2. The lowest BCUT2D eigenvalue weighted by atomic mass is 9.94. The topological polar surface area (TPSA) is 77.8 Å². The summed E-state index contributed by atoms with van der Waals surface area (Å²) in [5.41, 5.74) is 3.18. The normalized spacial score (nSPS) is 12.3. The molecule has 0 bridgehead atoms. The second kappa shape index (κ2) is 16.6. The SMILES string of the molecule is CCOC(C=O)Oc1ccc(C(C#N)CCCCCOc2cc(OCc3ccccc3)c(Br)cc2CC)cc1. The van der Waals surface area contributed by atoms with E-state index in [-0.39, 0.29) is 5.92 Å². The molecule has 3 aromatic carbocycles. The molecule has 0 aliphatic carbocycles. The first kappa shape index (κ1) is 30.2. The van der Waals surface area contributed by atoms with Crippen molar-refractivity contribution in [1.82, 2.24) is 0 Å². The van der Waals surface area contributed by atoms with Crippen LogP contribution in [-0.4, -0.2) is 25.8 Å².